The van der Waals surface area contributed by atoms with Gasteiger partial charge in [-0.25, -0.2) is 0 Å². The van der Waals surface area contributed by atoms with Crippen molar-refractivity contribution in [1.29, 1.82) is 0 Å². The molecule has 0 unspecified atom stereocenters. The Labute approximate surface area is 103 Å². The summed E-state index contributed by atoms with van der Waals surface area (Å²) in [7, 11) is 1.68. The maximum absolute atomic E-state index is 5.84. The summed E-state index contributed by atoms with van der Waals surface area (Å²) < 4.78 is 11.0. The minimum Gasteiger partial charge on any atom is -0.497 e. The molecule has 94 valence electrons. The molecule has 0 N–H and O–H groups in total. The number of ether oxygens (including phenoxy) is 2. The fourth-order valence-corrected chi connectivity index (χ4v) is 1.93. The highest BCUT2D eigenvalue weighted by Gasteiger charge is 2.28. The maximum atomic E-state index is 5.84. The predicted octanol–water partition coefficient (Wildman–Crippen LogP) is 2.30. The van der Waals surface area contributed by atoms with Gasteiger partial charge in [-0.2, -0.15) is 0 Å². The second-order valence-corrected chi connectivity index (χ2v) is 4.83. The minimum absolute atomic E-state index is 0.402. The monoisotopic (exact) mass is 235 g/mol. The van der Waals surface area contributed by atoms with E-state index < -0.39 is 0 Å². The van der Waals surface area contributed by atoms with E-state index in [1.165, 1.54) is 5.56 Å². The Morgan fingerprint density at radius 1 is 1.24 bits per heavy atom. The Balaban J connectivity index is 1.72. The van der Waals surface area contributed by atoms with Gasteiger partial charge in [0.2, 0.25) is 0 Å². The Morgan fingerprint density at radius 3 is 2.41 bits per heavy atom. The molecule has 2 rings (SSSR count). The number of nitrogens with zero attached hydrogens (tertiary/aromatic N) is 1. The van der Waals surface area contributed by atoms with Crippen molar-refractivity contribution in [3.63, 3.8) is 0 Å². The van der Waals surface area contributed by atoms with Crippen LogP contribution in [0.5, 0.6) is 5.75 Å². The molecule has 1 aliphatic rings. The quantitative estimate of drug-likeness (QED) is 0.781. The lowest BCUT2D eigenvalue weighted by atomic mass is 10.1. The van der Waals surface area contributed by atoms with Crippen LogP contribution in [0.25, 0.3) is 0 Å². The number of methoxy groups -OCH3 is 1. The summed E-state index contributed by atoms with van der Waals surface area (Å²) in [5.74, 6) is 0.892. The first-order valence-corrected chi connectivity index (χ1v) is 6.17. The molecular weight excluding hydrogens is 214 g/mol. The smallest absolute Gasteiger partial charge is 0.118 e. The van der Waals surface area contributed by atoms with E-state index in [1.54, 1.807) is 7.11 Å². The molecule has 0 radical (unpaired) electrons. The summed E-state index contributed by atoms with van der Waals surface area (Å²) in [6, 6.07) is 8.69. The highest BCUT2D eigenvalue weighted by Crippen LogP contribution is 2.17. The predicted molar refractivity (Wildman–Crippen MR) is 68.3 cm³/mol. The molecule has 1 aromatic rings. The molecule has 0 saturated carbocycles. The van der Waals surface area contributed by atoms with Gasteiger partial charge in [-0.1, -0.05) is 12.1 Å². The average molecular weight is 235 g/mol. The van der Waals surface area contributed by atoms with E-state index in [1.807, 2.05) is 12.1 Å². The van der Waals surface area contributed by atoms with Crippen molar-refractivity contribution in [3.05, 3.63) is 29.8 Å². The van der Waals surface area contributed by atoms with Gasteiger partial charge < -0.3 is 9.47 Å². The van der Waals surface area contributed by atoms with Crippen LogP contribution in [0.2, 0.25) is 0 Å². The molecule has 0 amide bonds. The summed E-state index contributed by atoms with van der Waals surface area (Å²) in [5.41, 5.74) is 1.20. The summed E-state index contributed by atoms with van der Waals surface area (Å²) in [4.78, 5) is 2.42. The van der Waals surface area contributed by atoms with Gasteiger partial charge in [0.05, 0.1) is 19.8 Å². The van der Waals surface area contributed by atoms with Crippen molar-refractivity contribution in [2.45, 2.75) is 32.6 Å². The van der Waals surface area contributed by atoms with E-state index in [4.69, 9.17) is 9.47 Å². The molecule has 0 atom stereocenters. The molecule has 0 aromatic heterocycles. The first-order chi connectivity index (χ1) is 8.19. The molecule has 1 saturated heterocycles. The van der Waals surface area contributed by atoms with Gasteiger partial charge in [-0.3, -0.25) is 4.90 Å². The fourth-order valence-electron chi connectivity index (χ4n) is 1.93. The molecule has 3 heteroatoms. The van der Waals surface area contributed by atoms with Crippen LogP contribution in [0.15, 0.2) is 24.3 Å². The van der Waals surface area contributed by atoms with Gasteiger partial charge in [-0.05, 0) is 31.5 Å². The molecule has 17 heavy (non-hydrogen) atoms. The van der Waals surface area contributed by atoms with E-state index in [0.717, 1.165) is 18.8 Å². The zero-order valence-corrected chi connectivity index (χ0v) is 10.8. The van der Waals surface area contributed by atoms with Crippen molar-refractivity contribution >= 4 is 0 Å². The van der Waals surface area contributed by atoms with Gasteiger partial charge in [-0.15, -0.1) is 0 Å². The van der Waals surface area contributed by atoms with Crippen LogP contribution in [0, 0.1) is 0 Å². The molecule has 1 aromatic carbocycles. The molecule has 0 aliphatic carbocycles. The lowest BCUT2D eigenvalue weighted by Gasteiger charge is -2.41. The lowest BCUT2D eigenvalue weighted by Crippen LogP contribution is -2.54. The van der Waals surface area contributed by atoms with E-state index >= 15 is 0 Å². The largest absolute Gasteiger partial charge is 0.497 e. The third kappa shape index (κ3) is 3.20. The van der Waals surface area contributed by atoms with E-state index in [9.17, 15) is 0 Å². The molecule has 0 bridgehead atoms. The minimum atomic E-state index is 0.402. The van der Waals surface area contributed by atoms with Crippen molar-refractivity contribution in [2.24, 2.45) is 0 Å². The summed E-state index contributed by atoms with van der Waals surface area (Å²) >= 11 is 0. The van der Waals surface area contributed by atoms with Crippen LogP contribution in [-0.2, 0) is 11.3 Å². The van der Waals surface area contributed by atoms with Gasteiger partial charge in [0, 0.05) is 19.1 Å². The van der Waals surface area contributed by atoms with Gasteiger partial charge in [0.15, 0.2) is 0 Å². The first kappa shape index (κ1) is 12.4. The number of benzene rings is 1. The van der Waals surface area contributed by atoms with Crippen LogP contribution in [0.1, 0.15) is 19.4 Å². The lowest BCUT2D eigenvalue weighted by molar-refractivity contribution is -0.0739. The molecule has 0 spiro atoms. The number of hydrogen-bond donors (Lipinski definition) is 0. The molecule has 1 aliphatic heterocycles. The zero-order valence-electron chi connectivity index (χ0n) is 10.8. The van der Waals surface area contributed by atoms with Crippen molar-refractivity contribution in [2.75, 3.05) is 20.2 Å². The molecular formula is C14H21NO2. The number of rotatable bonds is 5. The van der Waals surface area contributed by atoms with Gasteiger partial charge >= 0.3 is 0 Å². The van der Waals surface area contributed by atoms with E-state index in [-0.39, 0.29) is 0 Å². The summed E-state index contributed by atoms with van der Waals surface area (Å²) in [5, 5.41) is 0. The summed E-state index contributed by atoms with van der Waals surface area (Å²) in [6.45, 7) is 7.27. The maximum Gasteiger partial charge on any atom is 0.118 e. The van der Waals surface area contributed by atoms with Crippen LogP contribution < -0.4 is 4.74 Å². The highest BCUT2D eigenvalue weighted by molar-refractivity contribution is 5.26. The molecule has 3 nitrogen and oxygen atoms in total. The fraction of sp³-hybridized carbons (Fsp3) is 0.571. The Kier molecular flexibility index (Phi) is 4.02. The van der Waals surface area contributed by atoms with Crippen LogP contribution in [-0.4, -0.2) is 37.2 Å². The van der Waals surface area contributed by atoms with Gasteiger partial charge in [0.25, 0.3) is 0 Å². The van der Waals surface area contributed by atoms with Crippen molar-refractivity contribution < 1.29 is 9.47 Å². The van der Waals surface area contributed by atoms with E-state index in [0.29, 0.717) is 18.8 Å². The van der Waals surface area contributed by atoms with E-state index in [2.05, 4.69) is 30.9 Å². The van der Waals surface area contributed by atoms with Crippen molar-refractivity contribution in [3.8, 4) is 5.75 Å². The highest BCUT2D eigenvalue weighted by atomic mass is 16.5. The first-order valence-electron chi connectivity index (χ1n) is 6.17. The molecule has 1 heterocycles. The normalized spacial score (nSPS) is 17.2. The van der Waals surface area contributed by atoms with Gasteiger partial charge in [0.1, 0.15) is 5.75 Å². The van der Waals surface area contributed by atoms with Crippen LogP contribution >= 0.6 is 0 Å². The number of hydrogen-bond acceptors (Lipinski definition) is 3. The van der Waals surface area contributed by atoms with Crippen molar-refractivity contribution in [1.82, 2.24) is 4.90 Å². The third-order valence-electron chi connectivity index (χ3n) is 3.25. The SMILES string of the molecule is COc1ccc(COC2CN(C(C)C)C2)cc1. The topological polar surface area (TPSA) is 21.7 Å². The second kappa shape index (κ2) is 5.52. The Bertz CT molecular complexity index is 342. The standard InChI is InChI=1S/C14H21NO2/c1-11(2)15-8-14(9-15)17-10-12-4-6-13(16-3)7-5-12/h4-7,11,14H,8-10H2,1-3H3. The Morgan fingerprint density at radius 2 is 1.88 bits per heavy atom. The average Bonchev–Trinajstić information content (AvgIpc) is 2.27. The zero-order chi connectivity index (χ0) is 12.3. The van der Waals surface area contributed by atoms with Crippen LogP contribution in [0.4, 0.5) is 0 Å². The molecule has 1 fully saturated rings. The third-order valence-corrected chi connectivity index (χ3v) is 3.25. The van der Waals surface area contributed by atoms with Crippen LogP contribution in [0.3, 0.4) is 0 Å². The second-order valence-electron chi connectivity index (χ2n) is 4.83. The Hall–Kier alpha value is -1.06. The number of likely N-dealkylation sites (tertiary alicyclic amines) is 1. The summed E-state index contributed by atoms with van der Waals surface area (Å²) in [6.07, 6.45) is 0.402.